The van der Waals surface area contributed by atoms with Crippen LogP contribution in [0.4, 0.5) is 0 Å². The Bertz CT molecular complexity index is 491. The fraction of sp³-hybridized carbons (Fsp3) is 0.0909. The van der Waals surface area contributed by atoms with Crippen molar-refractivity contribution in [3.63, 3.8) is 0 Å². The number of aromatic nitrogens is 2. The van der Waals surface area contributed by atoms with E-state index in [-0.39, 0.29) is 0 Å². The molecule has 1 aromatic carbocycles. The number of benzene rings is 1. The van der Waals surface area contributed by atoms with Crippen LogP contribution in [0.15, 0.2) is 36.5 Å². The number of rotatable bonds is 1. The Morgan fingerprint density at radius 1 is 1.36 bits per heavy atom. The van der Waals surface area contributed by atoms with Gasteiger partial charge in [0.1, 0.15) is 11.8 Å². The van der Waals surface area contributed by atoms with Crippen LogP contribution in [0, 0.1) is 18.3 Å². The molecule has 1 aromatic heterocycles. The van der Waals surface area contributed by atoms with E-state index in [4.69, 9.17) is 5.26 Å². The van der Waals surface area contributed by atoms with Gasteiger partial charge < -0.3 is 0 Å². The molecule has 0 amide bonds. The highest BCUT2D eigenvalue weighted by molar-refractivity contribution is 5.38. The molecule has 0 unspecified atom stereocenters. The van der Waals surface area contributed by atoms with Gasteiger partial charge in [0.2, 0.25) is 0 Å². The second kappa shape index (κ2) is 3.35. The van der Waals surface area contributed by atoms with E-state index in [1.165, 1.54) is 0 Å². The smallest absolute Gasteiger partial charge is 0.144 e. The van der Waals surface area contributed by atoms with Gasteiger partial charge in [0.05, 0.1) is 11.9 Å². The molecule has 0 fully saturated rings. The number of aryl methyl sites for hydroxylation is 1. The summed E-state index contributed by atoms with van der Waals surface area (Å²) in [6, 6.07) is 11.7. The van der Waals surface area contributed by atoms with Crippen LogP contribution in [-0.2, 0) is 0 Å². The summed E-state index contributed by atoms with van der Waals surface area (Å²) >= 11 is 0. The van der Waals surface area contributed by atoms with E-state index in [2.05, 4.69) is 11.2 Å². The van der Waals surface area contributed by atoms with Gasteiger partial charge in [0.15, 0.2) is 0 Å². The molecule has 0 aliphatic heterocycles. The van der Waals surface area contributed by atoms with Crippen molar-refractivity contribution in [2.24, 2.45) is 0 Å². The first-order chi connectivity index (χ1) is 6.81. The minimum absolute atomic E-state index is 0.551. The highest BCUT2D eigenvalue weighted by atomic mass is 15.3. The van der Waals surface area contributed by atoms with E-state index in [9.17, 15) is 0 Å². The highest BCUT2D eigenvalue weighted by Gasteiger charge is 2.02. The summed E-state index contributed by atoms with van der Waals surface area (Å²) in [5, 5.41) is 12.9. The van der Waals surface area contributed by atoms with Crippen molar-refractivity contribution in [3.05, 3.63) is 47.8 Å². The molecule has 3 heteroatoms. The zero-order chi connectivity index (χ0) is 9.97. The van der Waals surface area contributed by atoms with Gasteiger partial charge in [0, 0.05) is 0 Å². The lowest BCUT2D eigenvalue weighted by atomic mass is 10.2. The van der Waals surface area contributed by atoms with Gasteiger partial charge in [-0.2, -0.15) is 10.4 Å². The van der Waals surface area contributed by atoms with Gasteiger partial charge in [-0.1, -0.05) is 12.1 Å². The second-order valence-corrected chi connectivity index (χ2v) is 3.08. The Morgan fingerprint density at radius 2 is 2.21 bits per heavy atom. The lowest BCUT2D eigenvalue weighted by Gasteiger charge is -2.02. The Morgan fingerprint density at radius 3 is 2.93 bits per heavy atom. The molecule has 14 heavy (non-hydrogen) atoms. The summed E-state index contributed by atoms with van der Waals surface area (Å²) in [7, 11) is 0. The van der Waals surface area contributed by atoms with Gasteiger partial charge in [-0.05, 0) is 30.7 Å². The third-order valence-corrected chi connectivity index (χ3v) is 2.00. The van der Waals surface area contributed by atoms with Crippen molar-refractivity contribution < 1.29 is 0 Å². The topological polar surface area (TPSA) is 41.6 Å². The molecule has 0 spiro atoms. The Kier molecular flexibility index (Phi) is 2.04. The van der Waals surface area contributed by atoms with E-state index in [1.54, 1.807) is 16.9 Å². The molecule has 3 nitrogen and oxygen atoms in total. The molecule has 2 rings (SSSR count). The van der Waals surface area contributed by atoms with Gasteiger partial charge in [0.25, 0.3) is 0 Å². The molecular formula is C11H9N3. The summed E-state index contributed by atoms with van der Waals surface area (Å²) in [5.41, 5.74) is 2.63. The summed E-state index contributed by atoms with van der Waals surface area (Å²) in [6.45, 7) is 2.01. The SMILES string of the molecule is Cc1cccc(-n2nccc2C#N)c1. The minimum Gasteiger partial charge on any atom is -0.223 e. The summed E-state index contributed by atoms with van der Waals surface area (Å²) in [5.74, 6) is 0. The van der Waals surface area contributed by atoms with Crippen molar-refractivity contribution in [1.82, 2.24) is 9.78 Å². The fourth-order valence-corrected chi connectivity index (χ4v) is 1.35. The summed E-state index contributed by atoms with van der Waals surface area (Å²) in [6.07, 6.45) is 1.63. The first-order valence-electron chi connectivity index (χ1n) is 4.32. The predicted octanol–water partition coefficient (Wildman–Crippen LogP) is 2.05. The second-order valence-electron chi connectivity index (χ2n) is 3.08. The number of hydrogen-bond donors (Lipinski definition) is 0. The van der Waals surface area contributed by atoms with Crippen LogP contribution < -0.4 is 0 Å². The van der Waals surface area contributed by atoms with Crippen LogP contribution in [0.1, 0.15) is 11.3 Å². The Balaban J connectivity index is 2.56. The Labute approximate surface area is 82.2 Å². The Hall–Kier alpha value is -2.08. The average Bonchev–Trinajstić information content (AvgIpc) is 2.65. The van der Waals surface area contributed by atoms with E-state index in [0.717, 1.165) is 11.3 Å². The zero-order valence-corrected chi connectivity index (χ0v) is 7.81. The molecule has 0 atom stereocenters. The molecule has 0 N–H and O–H groups in total. The normalized spacial score (nSPS) is 9.71. The van der Waals surface area contributed by atoms with Crippen molar-refractivity contribution in [1.29, 1.82) is 5.26 Å². The fourth-order valence-electron chi connectivity index (χ4n) is 1.35. The summed E-state index contributed by atoms with van der Waals surface area (Å²) in [4.78, 5) is 0. The quantitative estimate of drug-likeness (QED) is 0.679. The summed E-state index contributed by atoms with van der Waals surface area (Å²) < 4.78 is 1.63. The molecule has 68 valence electrons. The first-order valence-corrected chi connectivity index (χ1v) is 4.32. The van der Waals surface area contributed by atoms with Crippen LogP contribution in [-0.4, -0.2) is 9.78 Å². The maximum Gasteiger partial charge on any atom is 0.144 e. The highest BCUT2D eigenvalue weighted by Crippen LogP contribution is 2.11. The average molecular weight is 183 g/mol. The van der Waals surface area contributed by atoms with Crippen molar-refractivity contribution in [2.45, 2.75) is 6.92 Å². The van der Waals surface area contributed by atoms with Gasteiger partial charge in [-0.25, -0.2) is 4.68 Å². The number of hydrogen-bond acceptors (Lipinski definition) is 2. The third-order valence-electron chi connectivity index (χ3n) is 2.00. The van der Waals surface area contributed by atoms with E-state index in [0.29, 0.717) is 5.69 Å². The van der Waals surface area contributed by atoms with Crippen molar-refractivity contribution in [3.8, 4) is 11.8 Å². The minimum atomic E-state index is 0.551. The van der Waals surface area contributed by atoms with E-state index < -0.39 is 0 Å². The maximum atomic E-state index is 8.83. The van der Waals surface area contributed by atoms with E-state index >= 15 is 0 Å². The number of nitriles is 1. The molecule has 0 saturated heterocycles. The predicted molar refractivity (Wildman–Crippen MR) is 53.0 cm³/mol. The van der Waals surface area contributed by atoms with Crippen molar-refractivity contribution >= 4 is 0 Å². The molecule has 1 heterocycles. The van der Waals surface area contributed by atoms with Crippen molar-refractivity contribution in [2.75, 3.05) is 0 Å². The molecular weight excluding hydrogens is 174 g/mol. The number of nitrogens with zero attached hydrogens (tertiary/aromatic N) is 3. The third kappa shape index (κ3) is 1.38. The standard InChI is InChI=1S/C11H9N3/c1-9-3-2-4-10(7-9)14-11(8-12)5-6-13-14/h2-7H,1H3. The maximum absolute atomic E-state index is 8.83. The molecule has 2 aromatic rings. The van der Waals surface area contributed by atoms with Crippen LogP contribution in [0.3, 0.4) is 0 Å². The lowest BCUT2D eigenvalue weighted by Crippen LogP contribution is -1.98. The first kappa shape index (κ1) is 8.52. The van der Waals surface area contributed by atoms with E-state index in [1.807, 2.05) is 31.2 Å². The largest absolute Gasteiger partial charge is 0.223 e. The van der Waals surface area contributed by atoms with Crippen LogP contribution in [0.25, 0.3) is 5.69 Å². The molecule has 0 radical (unpaired) electrons. The molecule has 0 bridgehead atoms. The molecule has 0 saturated carbocycles. The van der Waals surface area contributed by atoms with Crippen LogP contribution >= 0.6 is 0 Å². The van der Waals surface area contributed by atoms with Gasteiger partial charge in [-0.15, -0.1) is 0 Å². The molecule has 0 aliphatic rings. The molecule has 0 aliphatic carbocycles. The van der Waals surface area contributed by atoms with Gasteiger partial charge >= 0.3 is 0 Å². The lowest BCUT2D eigenvalue weighted by molar-refractivity contribution is 0.865. The zero-order valence-electron chi connectivity index (χ0n) is 7.81. The van der Waals surface area contributed by atoms with Crippen LogP contribution in [0.2, 0.25) is 0 Å². The monoisotopic (exact) mass is 183 g/mol. The van der Waals surface area contributed by atoms with Crippen LogP contribution in [0.5, 0.6) is 0 Å². The van der Waals surface area contributed by atoms with Gasteiger partial charge in [-0.3, -0.25) is 0 Å².